The van der Waals surface area contributed by atoms with E-state index in [0.717, 1.165) is 18.0 Å². The number of benzene rings is 1. The predicted molar refractivity (Wildman–Crippen MR) is 73.8 cm³/mol. The Hall–Kier alpha value is -1.22. The van der Waals surface area contributed by atoms with Crippen LogP contribution in [0, 0.1) is 19.3 Å². The number of aryl methyl sites for hydroxylation is 2. The molecule has 1 rings (SSSR count). The number of ether oxygens (including phenoxy) is 1. The first-order valence-corrected chi connectivity index (χ1v) is 5.99. The van der Waals surface area contributed by atoms with Crippen molar-refractivity contribution in [2.75, 3.05) is 25.5 Å². The van der Waals surface area contributed by atoms with Gasteiger partial charge >= 0.3 is 0 Å². The monoisotopic (exact) mass is 236 g/mol. The van der Waals surface area contributed by atoms with Crippen LogP contribution >= 0.6 is 0 Å². The molecule has 17 heavy (non-hydrogen) atoms. The second-order valence-corrected chi connectivity index (χ2v) is 5.36. The first-order valence-electron chi connectivity index (χ1n) is 5.99. The van der Waals surface area contributed by atoms with Gasteiger partial charge in [0.05, 0.1) is 12.8 Å². The van der Waals surface area contributed by atoms with Crippen LogP contribution in [0.4, 0.5) is 5.69 Å². The fraction of sp³-hybridized carbons (Fsp3) is 0.571. The summed E-state index contributed by atoms with van der Waals surface area (Å²) in [5, 5.41) is 3.42. The van der Waals surface area contributed by atoms with E-state index in [4.69, 9.17) is 10.5 Å². The molecular weight excluding hydrogens is 212 g/mol. The van der Waals surface area contributed by atoms with Gasteiger partial charge in [-0.15, -0.1) is 0 Å². The molecule has 3 N–H and O–H groups in total. The Morgan fingerprint density at radius 1 is 1.24 bits per heavy atom. The first-order chi connectivity index (χ1) is 7.89. The zero-order valence-electron chi connectivity index (χ0n) is 11.6. The third-order valence-electron chi connectivity index (χ3n) is 3.13. The smallest absolute Gasteiger partial charge is 0.142 e. The van der Waals surface area contributed by atoms with Gasteiger partial charge in [-0.05, 0) is 49.1 Å². The second-order valence-electron chi connectivity index (χ2n) is 5.36. The lowest BCUT2D eigenvalue weighted by molar-refractivity contribution is 0.399. The molecule has 3 heteroatoms. The fourth-order valence-corrected chi connectivity index (χ4v) is 1.50. The zero-order valence-corrected chi connectivity index (χ0v) is 11.6. The van der Waals surface area contributed by atoms with Crippen molar-refractivity contribution in [2.24, 2.45) is 11.1 Å². The van der Waals surface area contributed by atoms with Gasteiger partial charge < -0.3 is 15.8 Å². The van der Waals surface area contributed by atoms with Crippen molar-refractivity contribution in [2.45, 2.75) is 27.7 Å². The highest BCUT2D eigenvalue weighted by atomic mass is 16.5. The summed E-state index contributed by atoms with van der Waals surface area (Å²) in [5.41, 5.74) is 9.35. The molecule has 0 saturated heterocycles. The molecular formula is C14H24N2O. The number of nitrogens with two attached hydrogens (primary N) is 1. The summed E-state index contributed by atoms with van der Waals surface area (Å²) < 4.78 is 5.39. The Morgan fingerprint density at radius 3 is 2.35 bits per heavy atom. The van der Waals surface area contributed by atoms with E-state index in [1.807, 2.05) is 0 Å². The maximum Gasteiger partial charge on any atom is 0.142 e. The molecule has 0 bridgehead atoms. The van der Waals surface area contributed by atoms with Gasteiger partial charge in [0.15, 0.2) is 0 Å². The molecule has 0 fully saturated rings. The van der Waals surface area contributed by atoms with E-state index in [1.165, 1.54) is 11.1 Å². The van der Waals surface area contributed by atoms with Gasteiger partial charge in [-0.2, -0.15) is 0 Å². The maximum absolute atomic E-state index is 5.72. The summed E-state index contributed by atoms with van der Waals surface area (Å²) in [4.78, 5) is 0. The van der Waals surface area contributed by atoms with Crippen LogP contribution < -0.4 is 15.8 Å². The van der Waals surface area contributed by atoms with Gasteiger partial charge in [-0.25, -0.2) is 0 Å². The average Bonchev–Trinajstić information content (AvgIpc) is 2.30. The van der Waals surface area contributed by atoms with Gasteiger partial charge in [0.2, 0.25) is 0 Å². The Bertz CT molecular complexity index is 386. The highest BCUT2D eigenvalue weighted by Crippen LogP contribution is 2.29. The lowest BCUT2D eigenvalue weighted by Crippen LogP contribution is -2.31. The van der Waals surface area contributed by atoms with Crippen molar-refractivity contribution in [3.63, 3.8) is 0 Å². The normalized spacial score (nSPS) is 11.4. The number of methoxy groups -OCH3 is 1. The summed E-state index contributed by atoms with van der Waals surface area (Å²) in [7, 11) is 1.70. The van der Waals surface area contributed by atoms with E-state index < -0.39 is 0 Å². The Balaban J connectivity index is 2.87. The Morgan fingerprint density at radius 2 is 1.82 bits per heavy atom. The van der Waals surface area contributed by atoms with Crippen LogP contribution in [0.2, 0.25) is 0 Å². The van der Waals surface area contributed by atoms with Crippen molar-refractivity contribution in [3.05, 3.63) is 23.3 Å². The summed E-state index contributed by atoms with van der Waals surface area (Å²) >= 11 is 0. The summed E-state index contributed by atoms with van der Waals surface area (Å²) in [6.45, 7) is 9.98. The molecule has 0 aliphatic heterocycles. The second kappa shape index (κ2) is 5.41. The Kier molecular flexibility index (Phi) is 4.40. The molecule has 3 nitrogen and oxygen atoms in total. The lowest BCUT2D eigenvalue weighted by Gasteiger charge is -2.24. The molecule has 0 radical (unpaired) electrons. The first kappa shape index (κ1) is 13.8. The van der Waals surface area contributed by atoms with Crippen LogP contribution in [0.1, 0.15) is 25.0 Å². The third kappa shape index (κ3) is 3.63. The largest absolute Gasteiger partial charge is 0.495 e. The Labute approximate surface area is 104 Å². The minimum absolute atomic E-state index is 0.0871. The van der Waals surface area contributed by atoms with Crippen molar-refractivity contribution in [1.82, 2.24) is 0 Å². The van der Waals surface area contributed by atoms with Gasteiger partial charge in [-0.3, -0.25) is 0 Å². The molecule has 0 aromatic heterocycles. The molecule has 1 aromatic carbocycles. The quantitative estimate of drug-likeness (QED) is 0.826. The number of anilines is 1. The molecule has 0 unspecified atom stereocenters. The van der Waals surface area contributed by atoms with E-state index in [-0.39, 0.29) is 5.41 Å². The summed E-state index contributed by atoms with van der Waals surface area (Å²) in [6.07, 6.45) is 0. The van der Waals surface area contributed by atoms with Crippen molar-refractivity contribution < 1.29 is 4.74 Å². The number of nitrogens with one attached hydrogen (secondary N) is 1. The van der Waals surface area contributed by atoms with Gasteiger partial charge in [0.25, 0.3) is 0 Å². The van der Waals surface area contributed by atoms with Crippen LogP contribution in [0.5, 0.6) is 5.75 Å². The number of rotatable bonds is 5. The molecule has 0 amide bonds. The van der Waals surface area contributed by atoms with E-state index in [2.05, 4.69) is 45.1 Å². The molecule has 0 aliphatic rings. The SMILES string of the molecule is COc1cc(C)c(C)cc1NCC(C)(C)CN. The van der Waals surface area contributed by atoms with Crippen LogP contribution in [0.15, 0.2) is 12.1 Å². The molecule has 0 spiro atoms. The average molecular weight is 236 g/mol. The van der Waals surface area contributed by atoms with Crippen LogP contribution in [0.25, 0.3) is 0 Å². The van der Waals surface area contributed by atoms with Crippen molar-refractivity contribution in [3.8, 4) is 5.75 Å². The standard InChI is InChI=1S/C14H24N2O/c1-10-6-12(13(17-5)7-11(10)2)16-9-14(3,4)8-15/h6-7,16H,8-9,15H2,1-5H3. The summed E-state index contributed by atoms with van der Waals surface area (Å²) in [6, 6.07) is 4.19. The zero-order chi connectivity index (χ0) is 13.1. The highest BCUT2D eigenvalue weighted by Gasteiger charge is 2.16. The molecule has 0 atom stereocenters. The third-order valence-corrected chi connectivity index (χ3v) is 3.13. The maximum atomic E-state index is 5.72. The van der Waals surface area contributed by atoms with Crippen LogP contribution in [-0.2, 0) is 0 Å². The molecule has 1 aromatic rings. The number of hydrogen-bond donors (Lipinski definition) is 2. The van der Waals surface area contributed by atoms with E-state index >= 15 is 0 Å². The van der Waals surface area contributed by atoms with Gasteiger partial charge in [0, 0.05) is 6.54 Å². The van der Waals surface area contributed by atoms with E-state index in [9.17, 15) is 0 Å². The van der Waals surface area contributed by atoms with Crippen molar-refractivity contribution >= 4 is 5.69 Å². The lowest BCUT2D eigenvalue weighted by atomic mass is 9.93. The fourth-order valence-electron chi connectivity index (χ4n) is 1.50. The summed E-state index contributed by atoms with van der Waals surface area (Å²) in [5.74, 6) is 0.890. The van der Waals surface area contributed by atoms with Gasteiger partial charge in [-0.1, -0.05) is 13.8 Å². The minimum atomic E-state index is 0.0871. The molecule has 0 heterocycles. The number of hydrogen-bond acceptors (Lipinski definition) is 3. The highest BCUT2D eigenvalue weighted by molar-refractivity contribution is 5.60. The predicted octanol–water partition coefficient (Wildman–Crippen LogP) is 2.71. The molecule has 0 saturated carbocycles. The van der Waals surface area contributed by atoms with Crippen LogP contribution in [-0.4, -0.2) is 20.2 Å². The van der Waals surface area contributed by atoms with Crippen LogP contribution in [0.3, 0.4) is 0 Å². The van der Waals surface area contributed by atoms with E-state index in [0.29, 0.717) is 6.54 Å². The van der Waals surface area contributed by atoms with Gasteiger partial charge in [0.1, 0.15) is 5.75 Å². The minimum Gasteiger partial charge on any atom is -0.495 e. The van der Waals surface area contributed by atoms with E-state index in [1.54, 1.807) is 7.11 Å². The topological polar surface area (TPSA) is 47.3 Å². The van der Waals surface area contributed by atoms with Crippen molar-refractivity contribution in [1.29, 1.82) is 0 Å². The molecule has 0 aliphatic carbocycles. The molecule has 96 valence electrons.